The summed E-state index contributed by atoms with van der Waals surface area (Å²) in [4.78, 5) is 2.44. The van der Waals surface area contributed by atoms with Crippen molar-refractivity contribution in [1.29, 1.82) is 0 Å². The van der Waals surface area contributed by atoms with Crippen LogP contribution in [0.15, 0.2) is 29.4 Å². The first kappa shape index (κ1) is 14.9. The highest BCUT2D eigenvalue weighted by Gasteiger charge is 2.18. The van der Waals surface area contributed by atoms with E-state index in [0.717, 1.165) is 24.3 Å². The Hall–Kier alpha value is -1.55. The predicted octanol–water partition coefficient (Wildman–Crippen LogP) is 3.14. The third-order valence-electron chi connectivity index (χ3n) is 4.04. The molecule has 4 nitrogen and oxygen atoms in total. The number of rotatable bonds is 5. The lowest BCUT2D eigenvalue weighted by atomic mass is 10.0. The van der Waals surface area contributed by atoms with E-state index < -0.39 is 0 Å². The molecule has 20 heavy (non-hydrogen) atoms. The van der Waals surface area contributed by atoms with Gasteiger partial charge < -0.3 is 14.8 Å². The fourth-order valence-electron chi connectivity index (χ4n) is 2.69. The molecule has 4 heteroatoms. The van der Waals surface area contributed by atoms with Crippen molar-refractivity contribution in [3.63, 3.8) is 0 Å². The first-order chi connectivity index (χ1) is 9.70. The van der Waals surface area contributed by atoms with Gasteiger partial charge in [-0.2, -0.15) is 0 Å². The van der Waals surface area contributed by atoms with E-state index in [0.29, 0.717) is 11.8 Å². The van der Waals surface area contributed by atoms with Gasteiger partial charge in [0.25, 0.3) is 0 Å². The lowest BCUT2D eigenvalue weighted by Gasteiger charge is -2.32. The van der Waals surface area contributed by atoms with Gasteiger partial charge in [0, 0.05) is 11.6 Å². The lowest BCUT2D eigenvalue weighted by molar-refractivity contribution is 0.153. The standard InChI is InChI=1S/C16H24N2O2/c1-13(17-19)14-6-5-8-16(12-14)20-11-9-15-7-3-4-10-18(15)2/h5-6,8,12,15,19H,3-4,7,9-11H2,1-2H3/b17-13+. The highest BCUT2D eigenvalue weighted by Crippen LogP contribution is 2.19. The number of hydrogen-bond donors (Lipinski definition) is 1. The average Bonchev–Trinajstić information content (AvgIpc) is 2.49. The minimum absolute atomic E-state index is 0.600. The molecule has 1 N–H and O–H groups in total. The summed E-state index contributed by atoms with van der Waals surface area (Å²) in [6.45, 7) is 3.70. The number of piperidine rings is 1. The van der Waals surface area contributed by atoms with Crippen LogP contribution < -0.4 is 4.74 Å². The Morgan fingerprint density at radius 2 is 2.30 bits per heavy atom. The van der Waals surface area contributed by atoms with Crippen molar-refractivity contribution in [3.05, 3.63) is 29.8 Å². The first-order valence-electron chi connectivity index (χ1n) is 7.33. The number of oxime groups is 1. The third-order valence-corrected chi connectivity index (χ3v) is 4.04. The normalized spacial score (nSPS) is 20.9. The molecule has 0 aliphatic carbocycles. The van der Waals surface area contributed by atoms with Crippen LogP contribution in [0.2, 0.25) is 0 Å². The molecule has 0 spiro atoms. The quantitative estimate of drug-likeness (QED) is 0.510. The number of hydrogen-bond acceptors (Lipinski definition) is 4. The highest BCUT2D eigenvalue weighted by molar-refractivity contribution is 5.98. The van der Waals surface area contributed by atoms with Crippen molar-refractivity contribution in [2.24, 2.45) is 5.16 Å². The zero-order valence-corrected chi connectivity index (χ0v) is 12.4. The van der Waals surface area contributed by atoms with E-state index in [9.17, 15) is 0 Å². The Morgan fingerprint density at radius 3 is 3.05 bits per heavy atom. The van der Waals surface area contributed by atoms with E-state index in [4.69, 9.17) is 9.94 Å². The Morgan fingerprint density at radius 1 is 1.45 bits per heavy atom. The summed E-state index contributed by atoms with van der Waals surface area (Å²) < 4.78 is 5.83. The average molecular weight is 276 g/mol. The van der Waals surface area contributed by atoms with Gasteiger partial charge in [-0.05, 0) is 51.9 Å². The number of benzene rings is 1. The van der Waals surface area contributed by atoms with Crippen LogP contribution in [-0.4, -0.2) is 42.1 Å². The maximum Gasteiger partial charge on any atom is 0.119 e. The molecule has 1 aliphatic heterocycles. The maximum atomic E-state index is 8.80. The fourth-order valence-corrected chi connectivity index (χ4v) is 2.69. The van der Waals surface area contributed by atoms with Crippen LogP contribution in [0.1, 0.15) is 38.2 Å². The van der Waals surface area contributed by atoms with Crippen molar-refractivity contribution in [3.8, 4) is 5.75 Å². The molecule has 1 heterocycles. The zero-order valence-electron chi connectivity index (χ0n) is 12.4. The summed E-state index contributed by atoms with van der Waals surface area (Å²) in [5.74, 6) is 0.837. The fraction of sp³-hybridized carbons (Fsp3) is 0.562. The van der Waals surface area contributed by atoms with Crippen molar-refractivity contribution in [1.82, 2.24) is 4.90 Å². The number of likely N-dealkylation sites (tertiary alicyclic amines) is 1. The molecule has 0 bridgehead atoms. The molecule has 0 aromatic heterocycles. The Bertz CT molecular complexity index is 460. The van der Waals surface area contributed by atoms with Gasteiger partial charge in [-0.15, -0.1) is 0 Å². The van der Waals surface area contributed by atoms with Crippen molar-refractivity contribution >= 4 is 5.71 Å². The molecule has 110 valence electrons. The summed E-state index contributed by atoms with van der Waals surface area (Å²) in [5.41, 5.74) is 1.49. The molecule has 1 aliphatic rings. The van der Waals surface area contributed by atoms with E-state index >= 15 is 0 Å². The Balaban J connectivity index is 1.84. The largest absolute Gasteiger partial charge is 0.494 e. The van der Waals surface area contributed by atoms with Gasteiger partial charge in [-0.1, -0.05) is 23.7 Å². The summed E-state index contributed by atoms with van der Waals surface area (Å²) in [7, 11) is 2.20. The number of nitrogens with zero attached hydrogens (tertiary/aromatic N) is 2. The lowest BCUT2D eigenvalue weighted by Crippen LogP contribution is -2.37. The van der Waals surface area contributed by atoms with Crippen molar-refractivity contribution < 1.29 is 9.94 Å². The van der Waals surface area contributed by atoms with Crippen molar-refractivity contribution in [2.45, 2.75) is 38.6 Å². The van der Waals surface area contributed by atoms with E-state index in [1.165, 1.54) is 25.8 Å². The molecule has 0 saturated carbocycles. The smallest absolute Gasteiger partial charge is 0.119 e. The highest BCUT2D eigenvalue weighted by atomic mass is 16.5. The zero-order chi connectivity index (χ0) is 14.4. The third kappa shape index (κ3) is 3.97. The van der Waals surface area contributed by atoms with Crippen LogP contribution in [0.5, 0.6) is 5.75 Å². The SMILES string of the molecule is C/C(=N\O)c1cccc(OCCC2CCCCN2C)c1. The summed E-state index contributed by atoms with van der Waals surface area (Å²) in [6, 6.07) is 8.34. The predicted molar refractivity (Wildman–Crippen MR) is 80.8 cm³/mol. The van der Waals surface area contributed by atoms with Gasteiger partial charge >= 0.3 is 0 Å². The van der Waals surface area contributed by atoms with E-state index in [1.807, 2.05) is 24.3 Å². The Kier molecular flexibility index (Phi) is 5.41. The molecule has 0 amide bonds. The molecule has 1 aromatic carbocycles. The van der Waals surface area contributed by atoms with Crippen molar-refractivity contribution in [2.75, 3.05) is 20.2 Å². The van der Waals surface area contributed by atoms with Gasteiger partial charge in [0.1, 0.15) is 5.75 Å². The van der Waals surface area contributed by atoms with Crippen LogP contribution in [0.3, 0.4) is 0 Å². The van der Waals surface area contributed by atoms with Gasteiger partial charge in [-0.25, -0.2) is 0 Å². The summed E-state index contributed by atoms with van der Waals surface area (Å²) >= 11 is 0. The van der Waals surface area contributed by atoms with Crippen LogP contribution >= 0.6 is 0 Å². The molecular formula is C16H24N2O2. The molecule has 1 saturated heterocycles. The molecule has 2 rings (SSSR count). The van der Waals surface area contributed by atoms with Gasteiger partial charge in [0.15, 0.2) is 0 Å². The molecule has 1 aromatic rings. The van der Waals surface area contributed by atoms with Crippen LogP contribution in [0, 0.1) is 0 Å². The Labute approximate surface area is 121 Å². The minimum atomic E-state index is 0.600. The topological polar surface area (TPSA) is 45.1 Å². The molecule has 1 atom stereocenters. The van der Waals surface area contributed by atoms with Crippen LogP contribution in [0.4, 0.5) is 0 Å². The summed E-state index contributed by atoms with van der Waals surface area (Å²) in [5, 5.41) is 12.0. The summed E-state index contributed by atoms with van der Waals surface area (Å²) in [6.07, 6.45) is 4.98. The van der Waals surface area contributed by atoms with Gasteiger partial charge in [0.2, 0.25) is 0 Å². The van der Waals surface area contributed by atoms with E-state index in [-0.39, 0.29) is 0 Å². The van der Waals surface area contributed by atoms with Crippen LogP contribution in [-0.2, 0) is 0 Å². The molecular weight excluding hydrogens is 252 g/mol. The maximum absolute atomic E-state index is 8.80. The monoisotopic (exact) mass is 276 g/mol. The molecule has 0 radical (unpaired) electrons. The number of ether oxygens (including phenoxy) is 1. The van der Waals surface area contributed by atoms with E-state index in [2.05, 4.69) is 17.1 Å². The molecule has 1 unspecified atom stereocenters. The molecule has 1 fully saturated rings. The van der Waals surface area contributed by atoms with Crippen LogP contribution in [0.25, 0.3) is 0 Å². The van der Waals surface area contributed by atoms with Gasteiger partial charge in [-0.3, -0.25) is 0 Å². The second-order valence-corrected chi connectivity index (χ2v) is 5.48. The first-order valence-corrected chi connectivity index (χ1v) is 7.33. The van der Waals surface area contributed by atoms with Gasteiger partial charge in [0.05, 0.1) is 12.3 Å². The minimum Gasteiger partial charge on any atom is -0.494 e. The second-order valence-electron chi connectivity index (χ2n) is 5.48. The second kappa shape index (κ2) is 7.29. The van der Waals surface area contributed by atoms with E-state index in [1.54, 1.807) is 6.92 Å².